The van der Waals surface area contributed by atoms with E-state index >= 15 is 9.59 Å². The molecule has 1 aliphatic heterocycles. The summed E-state index contributed by atoms with van der Waals surface area (Å²) in [5.41, 5.74) is -0.130. The second-order valence-corrected chi connectivity index (χ2v) is 24.2. The van der Waals surface area contributed by atoms with Crippen molar-refractivity contribution in [3.05, 3.63) is 113 Å². The van der Waals surface area contributed by atoms with Gasteiger partial charge in [-0.2, -0.15) is 0 Å². The number of aliphatic hydroxyl groups excluding tert-OH is 1. The highest BCUT2D eigenvalue weighted by atomic mass is 28.4. The Kier molecular flexibility index (Phi) is 11.9. The van der Waals surface area contributed by atoms with Gasteiger partial charge < -0.3 is 28.3 Å². The van der Waals surface area contributed by atoms with E-state index in [-0.39, 0.29) is 47.4 Å². The molecule has 0 bridgehead atoms. The molecule has 61 heavy (non-hydrogen) atoms. The van der Waals surface area contributed by atoms with Gasteiger partial charge in [0.1, 0.15) is 29.3 Å². The molecular formula is C48H61N3O9Si. The van der Waals surface area contributed by atoms with Crippen LogP contribution in [0.3, 0.4) is 0 Å². The van der Waals surface area contributed by atoms with Crippen molar-refractivity contribution in [2.75, 3.05) is 26.7 Å². The van der Waals surface area contributed by atoms with Crippen LogP contribution in [0.25, 0.3) is 0 Å². The fraction of sp³-hybridized carbons (Fsp3) is 0.500. The zero-order valence-corrected chi connectivity index (χ0v) is 38.1. The number of ketones is 2. The second kappa shape index (κ2) is 16.5. The largest absolute Gasteiger partial charge is 0.514 e. The van der Waals surface area contributed by atoms with Crippen molar-refractivity contribution < 1.29 is 42.6 Å². The van der Waals surface area contributed by atoms with Crippen LogP contribution in [0.5, 0.6) is 11.6 Å². The normalized spacial score (nSPS) is 24.2. The van der Waals surface area contributed by atoms with Gasteiger partial charge in [-0.15, -0.1) is 13.2 Å². The number of Topliss-reactive ketones (excluding diaryl/α,β-unsaturated/α-hetero) is 2. The van der Waals surface area contributed by atoms with Gasteiger partial charge in [0, 0.05) is 30.6 Å². The van der Waals surface area contributed by atoms with Crippen LogP contribution in [0, 0.1) is 11.8 Å². The molecule has 0 radical (unpaired) electrons. The first-order valence-corrected chi connectivity index (χ1v) is 24.3. The summed E-state index contributed by atoms with van der Waals surface area (Å²) in [7, 11) is -0.924. The Morgan fingerprint density at radius 3 is 2.36 bits per heavy atom. The summed E-state index contributed by atoms with van der Waals surface area (Å²) in [6.07, 6.45) is 5.12. The van der Waals surface area contributed by atoms with Crippen molar-refractivity contribution in [3.63, 3.8) is 0 Å². The lowest BCUT2D eigenvalue weighted by Crippen LogP contribution is -2.65. The van der Waals surface area contributed by atoms with Crippen molar-refractivity contribution in [2.24, 2.45) is 11.8 Å². The molecule has 1 unspecified atom stereocenters. The zero-order valence-electron chi connectivity index (χ0n) is 37.1. The predicted molar refractivity (Wildman–Crippen MR) is 235 cm³/mol. The Balaban J connectivity index is 1.46. The lowest BCUT2D eigenvalue weighted by Gasteiger charge is -2.55. The number of nitrogens with zero attached hydrogens (tertiary/aromatic N) is 3. The second-order valence-electron chi connectivity index (χ2n) is 19.5. The molecule has 13 heteroatoms. The standard InChI is InChI=1S/C48H61N3O9Si/c1-12-21-51(22-13-2)39-33-26-32-25-31-24-30(34-20-17-23-50(34)9)27-35(57-45(55)58-46(3,4)5)36(31)40(52)37(32)42(53)48(33,60-61(10,11)47(6,7)8)43(54)38-41(39)59-49-44(38)56-28-29-18-15-14-16-19-29/h12-16,18-19,24,27,32-34,39,53H,1-2,17,20-23,25-26,28H2,3-11H3/t32-,33-,34?,39-,48-/m0/s1. The Morgan fingerprint density at radius 1 is 1.07 bits per heavy atom. The van der Waals surface area contributed by atoms with Crippen LogP contribution in [0.15, 0.2) is 83.6 Å². The number of hydrogen-bond acceptors (Lipinski definition) is 12. The van der Waals surface area contributed by atoms with E-state index in [4.69, 9.17) is 23.2 Å². The van der Waals surface area contributed by atoms with E-state index in [1.54, 1.807) is 39.0 Å². The third-order valence-corrected chi connectivity index (χ3v) is 17.6. The number of carbonyl (C=O) groups is 3. The first-order chi connectivity index (χ1) is 28.7. The van der Waals surface area contributed by atoms with Crippen molar-refractivity contribution in [3.8, 4) is 11.6 Å². The molecule has 2 heterocycles. The van der Waals surface area contributed by atoms with Gasteiger partial charge in [-0.25, -0.2) is 4.79 Å². The van der Waals surface area contributed by atoms with E-state index in [9.17, 15) is 9.90 Å². The highest BCUT2D eigenvalue weighted by molar-refractivity contribution is 6.74. The Hall–Kier alpha value is -4.82. The number of hydrogen-bond donors (Lipinski definition) is 1. The summed E-state index contributed by atoms with van der Waals surface area (Å²) in [5, 5.41) is 17.1. The average molecular weight is 852 g/mol. The number of ether oxygens (including phenoxy) is 3. The first-order valence-electron chi connectivity index (χ1n) is 21.4. The third kappa shape index (κ3) is 8.06. The van der Waals surface area contributed by atoms with E-state index in [0.29, 0.717) is 30.8 Å². The predicted octanol–water partition coefficient (Wildman–Crippen LogP) is 9.89. The lowest BCUT2D eigenvalue weighted by atomic mass is 9.58. The van der Waals surface area contributed by atoms with Crippen molar-refractivity contribution in [2.45, 2.75) is 115 Å². The summed E-state index contributed by atoms with van der Waals surface area (Å²) in [4.78, 5) is 48.9. The fourth-order valence-electron chi connectivity index (χ4n) is 9.42. The molecule has 4 aliphatic rings. The molecule has 0 spiro atoms. The molecule has 2 aromatic carbocycles. The quantitative estimate of drug-likeness (QED) is 0.0803. The van der Waals surface area contributed by atoms with E-state index in [1.807, 2.05) is 49.5 Å². The molecule has 1 N–H and O–H groups in total. The van der Waals surface area contributed by atoms with Gasteiger partial charge in [0.05, 0.1) is 11.6 Å². The van der Waals surface area contributed by atoms with Crippen molar-refractivity contribution >= 4 is 26.0 Å². The van der Waals surface area contributed by atoms with Crippen LogP contribution in [0.1, 0.15) is 116 Å². The van der Waals surface area contributed by atoms with Gasteiger partial charge in [-0.1, -0.05) is 69.3 Å². The van der Waals surface area contributed by atoms with Gasteiger partial charge in [-0.3, -0.25) is 19.4 Å². The molecule has 0 saturated carbocycles. The number of allylic oxidation sites excluding steroid dienone is 1. The average Bonchev–Trinajstić information content (AvgIpc) is 3.80. The van der Waals surface area contributed by atoms with E-state index in [2.05, 4.69) is 55.9 Å². The summed E-state index contributed by atoms with van der Waals surface area (Å²) < 4.78 is 31.3. The van der Waals surface area contributed by atoms with Gasteiger partial charge >= 0.3 is 6.16 Å². The lowest BCUT2D eigenvalue weighted by molar-refractivity contribution is -0.0524. The minimum atomic E-state index is -2.99. The van der Waals surface area contributed by atoms with E-state index in [0.717, 1.165) is 30.5 Å². The molecule has 5 atom stereocenters. The van der Waals surface area contributed by atoms with Gasteiger partial charge in [-0.05, 0) is 112 Å². The maximum atomic E-state index is 15.8. The van der Waals surface area contributed by atoms with Crippen LogP contribution in [0.4, 0.5) is 4.79 Å². The van der Waals surface area contributed by atoms with Crippen LogP contribution in [-0.2, 0) is 22.2 Å². The summed E-state index contributed by atoms with van der Waals surface area (Å²) in [6, 6.07) is 12.7. The van der Waals surface area contributed by atoms with Crippen molar-refractivity contribution in [1.29, 1.82) is 0 Å². The molecule has 1 aromatic heterocycles. The minimum Gasteiger partial charge on any atom is -0.508 e. The first kappa shape index (κ1) is 44.2. The zero-order chi connectivity index (χ0) is 44.2. The van der Waals surface area contributed by atoms with Gasteiger partial charge in [0.2, 0.25) is 5.78 Å². The van der Waals surface area contributed by atoms with Crippen LogP contribution in [-0.4, -0.2) is 84.0 Å². The van der Waals surface area contributed by atoms with Crippen LogP contribution in [0.2, 0.25) is 18.1 Å². The SMILES string of the molecule is C=CCN(CC=C)[C@@H]1c2onc(OCc3ccccc3)c2C(=O)[C@@]2(O[Si](C)(C)C(C)(C)C)C(O)=C3C(=O)c4c(cc(C5CCCN5C)cc4OC(=O)OC(C)(C)C)C[C@H]3C[C@@H]12. The monoisotopic (exact) mass is 851 g/mol. The number of benzene rings is 2. The molecule has 3 aromatic rings. The topological polar surface area (TPSA) is 141 Å². The molecule has 326 valence electrons. The van der Waals surface area contributed by atoms with E-state index in [1.165, 1.54) is 0 Å². The summed E-state index contributed by atoms with van der Waals surface area (Å²) in [6.45, 7) is 25.3. The number of likely N-dealkylation sites (tertiary alicyclic amines) is 1. The Labute approximate surface area is 360 Å². The number of carbonyl (C=O) groups excluding carboxylic acids is 3. The number of fused-ring (bicyclic) bond motifs is 4. The molecule has 3 aliphatic carbocycles. The smallest absolute Gasteiger partial charge is 0.508 e. The molecular weight excluding hydrogens is 791 g/mol. The van der Waals surface area contributed by atoms with E-state index < -0.39 is 65.9 Å². The number of rotatable bonds is 12. The number of aliphatic hydroxyl groups is 1. The minimum absolute atomic E-state index is 0.0274. The van der Waals surface area contributed by atoms with Crippen molar-refractivity contribution in [1.82, 2.24) is 15.0 Å². The van der Waals surface area contributed by atoms with Gasteiger partial charge in [0.15, 0.2) is 25.5 Å². The number of aromatic nitrogens is 1. The highest BCUT2D eigenvalue weighted by Gasteiger charge is 2.67. The maximum Gasteiger partial charge on any atom is 0.514 e. The highest BCUT2D eigenvalue weighted by Crippen LogP contribution is 2.60. The van der Waals surface area contributed by atoms with Crippen LogP contribution < -0.4 is 9.47 Å². The van der Waals surface area contributed by atoms with Crippen LogP contribution >= 0.6 is 0 Å². The molecule has 1 fully saturated rings. The Morgan fingerprint density at radius 2 is 1.75 bits per heavy atom. The fourth-order valence-corrected chi connectivity index (χ4v) is 10.9. The Bertz CT molecular complexity index is 2240. The van der Waals surface area contributed by atoms with Gasteiger partial charge in [0.25, 0.3) is 5.88 Å². The molecule has 0 amide bonds. The third-order valence-electron chi connectivity index (χ3n) is 13.2. The molecule has 7 rings (SSSR count). The summed E-state index contributed by atoms with van der Waals surface area (Å²) in [5.74, 6) is -2.50. The molecule has 1 saturated heterocycles. The summed E-state index contributed by atoms with van der Waals surface area (Å²) >= 11 is 0. The maximum absolute atomic E-state index is 15.8. The molecule has 12 nitrogen and oxygen atoms in total.